The molecule has 2 unspecified atom stereocenters. The molecule has 0 aliphatic carbocycles. The quantitative estimate of drug-likeness (QED) is 0.309. The van der Waals surface area contributed by atoms with E-state index in [2.05, 4.69) is 27.8 Å². The number of allylic oxidation sites excluding steroid dienone is 4. The maximum atomic E-state index is 14.6. The number of nitrogens with one attached hydrogen (secondary N) is 1. The number of guanidine groups is 1. The molecule has 8 nitrogen and oxygen atoms in total. The minimum atomic E-state index is -1.49. The molecule has 1 aromatic carbocycles. The summed E-state index contributed by atoms with van der Waals surface area (Å²) in [6, 6.07) is 13.1. The van der Waals surface area contributed by atoms with Crippen LogP contribution in [0.5, 0.6) is 0 Å². The summed E-state index contributed by atoms with van der Waals surface area (Å²) in [7, 11) is 0. The van der Waals surface area contributed by atoms with E-state index in [4.69, 9.17) is 16.4 Å². The molecule has 0 saturated carbocycles. The molecule has 2 aromatic heterocycles. The van der Waals surface area contributed by atoms with Crippen molar-refractivity contribution < 1.29 is 4.79 Å². The maximum Gasteiger partial charge on any atom is 0.270 e. The van der Waals surface area contributed by atoms with E-state index in [1.54, 1.807) is 48.5 Å². The van der Waals surface area contributed by atoms with Crippen molar-refractivity contribution in [3.8, 4) is 12.3 Å². The highest BCUT2D eigenvalue weighted by Crippen LogP contribution is 2.46. The van der Waals surface area contributed by atoms with Crippen molar-refractivity contribution in [3.05, 3.63) is 103 Å². The molecule has 0 spiro atoms. The number of anilines is 1. The first kappa shape index (κ1) is 23.7. The number of amides is 1. The van der Waals surface area contributed by atoms with Crippen molar-refractivity contribution in [2.24, 2.45) is 9.98 Å². The summed E-state index contributed by atoms with van der Waals surface area (Å²) in [5.74, 6) is 3.08. The van der Waals surface area contributed by atoms with Crippen molar-refractivity contribution in [2.45, 2.75) is 25.6 Å². The van der Waals surface area contributed by atoms with Crippen LogP contribution in [0, 0.1) is 12.3 Å². The summed E-state index contributed by atoms with van der Waals surface area (Å²) in [6.45, 7) is 7.96. The Balaban J connectivity index is 1.77. The zero-order valence-electron chi connectivity index (χ0n) is 20.5. The Morgan fingerprint density at radius 3 is 2.76 bits per heavy atom. The maximum absolute atomic E-state index is 14.6. The number of fused-ring (bicyclic) bond motifs is 4. The number of benzene rings is 1. The molecule has 182 valence electrons. The van der Waals surface area contributed by atoms with Crippen molar-refractivity contribution in [1.29, 1.82) is 0 Å². The Morgan fingerprint density at radius 1 is 1.22 bits per heavy atom. The number of para-hydroxylation sites is 2. The molecular weight excluding hydrogens is 462 g/mol. The van der Waals surface area contributed by atoms with Crippen LogP contribution >= 0.6 is 0 Å². The Labute approximate surface area is 215 Å². The number of pyridine rings is 1. The average Bonchev–Trinajstić information content (AvgIpc) is 3.43. The zero-order valence-corrected chi connectivity index (χ0v) is 20.5. The molecule has 37 heavy (non-hydrogen) atoms. The van der Waals surface area contributed by atoms with Crippen LogP contribution in [0.2, 0.25) is 0 Å². The van der Waals surface area contributed by atoms with Crippen LogP contribution in [0.15, 0.2) is 107 Å². The molecule has 2 atom stereocenters. The molecule has 0 saturated heterocycles. The molecule has 0 fully saturated rings. The monoisotopic (exact) mass is 487 g/mol. The summed E-state index contributed by atoms with van der Waals surface area (Å²) < 4.78 is 1.91. The number of carbonyl (C=O) groups is 1. The van der Waals surface area contributed by atoms with Gasteiger partial charge in [-0.15, -0.1) is 6.42 Å². The molecule has 1 N–H and O–H groups in total. The number of rotatable bonds is 6. The smallest absolute Gasteiger partial charge is 0.270 e. The zero-order chi connectivity index (χ0) is 26.0. The summed E-state index contributed by atoms with van der Waals surface area (Å²) in [5.41, 5.74) is 1.51. The number of aliphatic imine (C=N–C) groups is 2. The largest absolute Gasteiger partial charge is 0.295 e. The fourth-order valence-electron chi connectivity index (χ4n) is 4.64. The number of hydrogen-bond acceptors (Lipinski definition) is 6. The third-order valence-electron chi connectivity index (χ3n) is 6.21. The van der Waals surface area contributed by atoms with Crippen LogP contribution in [-0.4, -0.2) is 37.5 Å². The molecule has 0 bridgehead atoms. The lowest BCUT2D eigenvalue weighted by Gasteiger charge is -2.36. The van der Waals surface area contributed by atoms with Gasteiger partial charge in [-0.3, -0.25) is 29.6 Å². The molecule has 2 aliphatic rings. The molecule has 2 aliphatic heterocycles. The van der Waals surface area contributed by atoms with Gasteiger partial charge >= 0.3 is 0 Å². The van der Waals surface area contributed by atoms with Gasteiger partial charge in [-0.25, -0.2) is 9.98 Å². The highest BCUT2D eigenvalue weighted by molar-refractivity contribution is 6.15. The molecule has 1 amide bonds. The lowest BCUT2D eigenvalue weighted by atomic mass is 9.86. The normalized spacial score (nSPS) is 21.4. The Bertz CT molecular complexity index is 1580. The summed E-state index contributed by atoms with van der Waals surface area (Å²) >= 11 is 0. The molecule has 8 heteroatoms. The average molecular weight is 488 g/mol. The predicted molar refractivity (Wildman–Crippen MR) is 147 cm³/mol. The molecule has 4 heterocycles. The van der Waals surface area contributed by atoms with Crippen molar-refractivity contribution in [3.63, 3.8) is 0 Å². The standard InChI is InChI=1S/C29H25N7O/c1-5-8-9-15-20(4)29(24-18-12-13-19-31-24)26(37)36-25(22(14-6-2)30-7-3)35-23-17-11-10-16-21(23)32-27(35)33-28(36)34-29/h2,5,7-19,25H,4H2,1,3H3,(H,32,33,34)/b8-5-,15-9-,22-14-,30-7?. The highest BCUT2D eigenvalue weighted by Gasteiger charge is 2.56. The van der Waals surface area contributed by atoms with E-state index in [0.717, 1.165) is 11.0 Å². The second-order valence-electron chi connectivity index (χ2n) is 8.36. The van der Waals surface area contributed by atoms with Crippen LogP contribution < -0.4 is 5.32 Å². The minimum Gasteiger partial charge on any atom is -0.295 e. The first-order valence-corrected chi connectivity index (χ1v) is 11.8. The van der Waals surface area contributed by atoms with Crippen molar-refractivity contribution >= 4 is 35.1 Å². The van der Waals surface area contributed by atoms with Crippen LogP contribution in [0.25, 0.3) is 11.0 Å². The second kappa shape index (κ2) is 9.55. The summed E-state index contributed by atoms with van der Waals surface area (Å²) in [5, 5.41) is 3.26. The van der Waals surface area contributed by atoms with Gasteiger partial charge in [-0.1, -0.05) is 55.0 Å². The van der Waals surface area contributed by atoms with E-state index in [1.165, 1.54) is 0 Å². The second-order valence-corrected chi connectivity index (χ2v) is 8.36. The first-order chi connectivity index (χ1) is 18.1. The van der Waals surface area contributed by atoms with Gasteiger partial charge in [0.1, 0.15) is 0 Å². The van der Waals surface area contributed by atoms with Gasteiger partial charge < -0.3 is 0 Å². The third kappa shape index (κ3) is 3.69. The Hall–Kier alpha value is -5.03. The van der Waals surface area contributed by atoms with Crippen LogP contribution in [-0.2, 0) is 10.3 Å². The third-order valence-corrected chi connectivity index (χ3v) is 6.21. The molecule has 5 rings (SSSR count). The van der Waals surface area contributed by atoms with Gasteiger partial charge in [0.2, 0.25) is 17.4 Å². The fraction of sp³-hybridized carbons (Fsp3) is 0.138. The lowest BCUT2D eigenvalue weighted by Crippen LogP contribution is -2.50. The van der Waals surface area contributed by atoms with Crippen molar-refractivity contribution in [1.82, 2.24) is 19.4 Å². The SMILES string of the molecule is C#C/C=C(\N=CC)C1N2C(=O)C(C(=C)/C=C\C=C/C)(c3ccccn3)N=C2Nc2nc3ccccc3n21. The highest BCUT2D eigenvalue weighted by atomic mass is 16.2. The lowest BCUT2D eigenvalue weighted by molar-refractivity contribution is -0.132. The summed E-state index contributed by atoms with van der Waals surface area (Å²) in [4.78, 5) is 34.9. The Morgan fingerprint density at radius 2 is 2.03 bits per heavy atom. The number of terminal acetylenes is 1. The van der Waals surface area contributed by atoms with Crippen LogP contribution in [0.3, 0.4) is 0 Å². The molecule has 0 radical (unpaired) electrons. The van der Waals surface area contributed by atoms with Gasteiger partial charge in [0, 0.05) is 18.5 Å². The number of aromatic nitrogens is 3. The minimum absolute atomic E-state index is 0.318. The number of carbonyl (C=O) groups excluding carboxylic acids is 1. The van der Waals surface area contributed by atoms with Gasteiger partial charge in [0.25, 0.3) is 5.91 Å². The van der Waals surface area contributed by atoms with Crippen LogP contribution in [0.4, 0.5) is 5.95 Å². The molecular formula is C29H25N7O. The van der Waals surface area contributed by atoms with E-state index in [0.29, 0.717) is 28.9 Å². The predicted octanol–water partition coefficient (Wildman–Crippen LogP) is 4.75. The Kier molecular flexibility index (Phi) is 6.12. The number of hydrogen-bond donors (Lipinski definition) is 1. The van der Waals surface area contributed by atoms with E-state index in [1.807, 2.05) is 60.1 Å². The van der Waals surface area contributed by atoms with Gasteiger partial charge in [-0.05, 0) is 43.7 Å². The number of imidazole rings is 1. The van der Waals surface area contributed by atoms with E-state index >= 15 is 0 Å². The topological polar surface area (TPSA) is 87.8 Å². The van der Waals surface area contributed by atoms with Gasteiger partial charge in [0.05, 0.1) is 22.4 Å². The van der Waals surface area contributed by atoms with E-state index in [-0.39, 0.29) is 5.91 Å². The van der Waals surface area contributed by atoms with E-state index in [9.17, 15) is 4.79 Å². The first-order valence-electron chi connectivity index (χ1n) is 11.8. The number of nitrogens with zero attached hydrogens (tertiary/aromatic N) is 6. The van der Waals surface area contributed by atoms with Gasteiger partial charge in [0.15, 0.2) is 6.17 Å². The van der Waals surface area contributed by atoms with Crippen molar-refractivity contribution in [2.75, 3.05) is 5.32 Å². The summed E-state index contributed by atoms with van der Waals surface area (Å²) in [6.07, 6.45) is 17.2. The van der Waals surface area contributed by atoms with Gasteiger partial charge in [-0.2, -0.15) is 0 Å². The molecule has 3 aromatic rings. The van der Waals surface area contributed by atoms with Crippen LogP contribution in [0.1, 0.15) is 25.7 Å². The van der Waals surface area contributed by atoms with E-state index < -0.39 is 11.7 Å². The fourth-order valence-corrected chi connectivity index (χ4v) is 4.64.